The summed E-state index contributed by atoms with van der Waals surface area (Å²) < 4.78 is 61.7. The van der Waals surface area contributed by atoms with E-state index < -0.39 is 58.4 Å². The van der Waals surface area contributed by atoms with Crippen LogP contribution >= 0.6 is 0 Å². The van der Waals surface area contributed by atoms with E-state index in [1.807, 2.05) is 0 Å². The molecule has 172 valence electrons. The van der Waals surface area contributed by atoms with Crippen molar-refractivity contribution < 1.29 is 41.5 Å². The molecule has 8 nitrogen and oxygen atoms in total. The van der Waals surface area contributed by atoms with Gasteiger partial charge in [0, 0.05) is 6.07 Å². The molecule has 0 saturated carbocycles. The van der Waals surface area contributed by atoms with Gasteiger partial charge in [0.15, 0.2) is 11.6 Å². The fourth-order valence-corrected chi connectivity index (χ4v) is 2.57. The molecule has 2 aromatic carbocycles. The molecule has 0 bridgehead atoms. The van der Waals surface area contributed by atoms with Crippen LogP contribution in [-0.2, 0) is 22.3 Å². The van der Waals surface area contributed by atoms with Crippen molar-refractivity contribution in [3.05, 3.63) is 69.0 Å². The number of nitro benzene ring substituents is 1. The first-order valence-electron chi connectivity index (χ1n) is 9.18. The summed E-state index contributed by atoms with van der Waals surface area (Å²) in [6.45, 7) is 2.59. The number of hydrogen-bond donors (Lipinski definition) is 1. The number of esters is 1. The first kappa shape index (κ1) is 24.6. The molecule has 2 rings (SSSR count). The number of carbonyl (C=O) groups is 2. The van der Waals surface area contributed by atoms with Crippen molar-refractivity contribution in [1.29, 1.82) is 0 Å². The zero-order valence-corrected chi connectivity index (χ0v) is 16.9. The largest absolute Gasteiger partial charge is 0.486 e. The standard InChI is InChI=1S/C20H18F4N2O6/c1-3-31-19(28)11(2)25-18(27)14-8-12(4-6-16(14)26(29)30)10-32-17-7-5-13(9-15(17)21)20(22,23)24/h4-9,11H,3,10H2,1-2H3,(H,25,27). The lowest BCUT2D eigenvalue weighted by molar-refractivity contribution is -0.385. The number of alkyl halides is 3. The number of halogens is 4. The molecule has 0 aromatic heterocycles. The van der Waals surface area contributed by atoms with Crippen LogP contribution < -0.4 is 10.1 Å². The van der Waals surface area contributed by atoms with E-state index >= 15 is 0 Å². The second kappa shape index (κ2) is 10.1. The molecule has 0 fully saturated rings. The summed E-state index contributed by atoms with van der Waals surface area (Å²) in [4.78, 5) is 34.6. The van der Waals surface area contributed by atoms with Crippen molar-refractivity contribution in [3.8, 4) is 5.75 Å². The van der Waals surface area contributed by atoms with Gasteiger partial charge in [-0.2, -0.15) is 13.2 Å². The molecule has 1 unspecified atom stereocenters. The second-order valence-corrected chi connectivity index (χ2v) is 6.49. The Labute approximate surface area is 179 Å². The lowest BCUT2D eigenvalue weighted by Crippen LogP contribution is -2.39. The van der Waals surface area contributed by atoms with Gasteiger partial charge in [-0.25, -0.2) is 9.18 Å². The predicted octanol–water partition coefficient (Wildman–Crippen LogP) is 4.01. The molecule has 0 saturated heterocycles. The summed E-state index contributed by atoms with van der Waals surface area (Å²) in [5.74, 6) is -3.39. The number of nitrogens with one attached hydrogen (secondary N) is 1. The van der Waals surface area contributed by atoms with Crippen LogP contribution in [0.15, 0.2) is 36.4 Å². The smallest absolute Gasteiger partial charge is 0.416 e. The van der Waals surface area contributed by atoms with Crippen LogP contribution in [0, 0.1) is 15.9 Å². The van der Waals surface area contributed by atoms with E-state index in [9.17, 15) is 37.3 Å². The lowest BCUT2D eigenvalue weighted by Gasteiger charge is -2.14. The van der Waals surface area contributed by atoms with Gasteiger partial charge in [0.2, 0.25) is 0 Å². The molecule has 0 aliphatic rings. The SMILES string of the molecule is CCOC(=O)C(C)NC(=O)c1cc(COc2ccc(C(F)(F)F)cc2F)ccc1[N+](=O)[O-]. The minimum absolute atomic E-state index is 0.0759. The molecule has 1 amide bonds. The number of carbonyl (C=O) groups excluding carboxylic acids is 2. The number of nitro groups is 1. The molecule has 1 N–H and O–H groups in total. The van der Waals surface area contributed by atoms with Crippen LogP contribution in [0.1, 0.15) is 35.3 Å². The number of ether oxygens (including phenoxy) is 2. The van der Waals surface area contributed by atoms with Crippen molar-refractivity contribution >= 4 is 17.6 Å². The van der Waals surface area contributed by atoms with E-state index in [1.54, 1.807) is 6.92 Å². The van der Waals surface area contributed by atoms with Crippen LogP contribution in [0.3, 0.4) is 0 Å². The van der Waals surface area contributed by atoms with E-state index in [0.717, 1.165) is 18.2 Å². The van der Waals surface area contributed by atoms with Crippen molar-refractivity contribution in [3.63, 3.8) is 0 Å². The summed E-state index contributed by atoms with van der Waals surface area (Å²) in [7, 11) is 0. The molecular formula is C20H18F4N2O6. The topological polar surface area (TPSA) is 108 Å². The molecule has 0 heterocycles. The van der Waals surface area contributed by atoms with Gasteiger partial charge < -0.3 is 14.8 Å². The highest BCUT2D eigenvalue weighted by molar-refractivity contribution is 6.00. The molecule has 0 spiro atoms. The average molecular weight is 458 g/mol. The first-order chi connectivity index (χ1) is 14.9. The monoisotopic (exact) mass is 458 g/mol. The molecular weight excluding hydrogens is 440 g/mol. The van der Waals surface area contributed by atoms with Gasteiger partial charge in [-0.3, -0.25) is 14.9 Å². The number of benzene rings is 2. The van der Waals surface area contributed by atoms with Crippen LogP contribution in [0.5, 0.6) is 5.75 Å². The van der Waals surface area contributed by atoms with Crippen LogP contribution in [0.2, 0.25) is 0 Å². The Morgan fingerprint density at radius 2 is 1.88 bits per heavy atom. The van der Waals surface area contributed by atoms with Gasteiger partial charge >= 0.3 is 12.1 Å². The molecule has 1 atom stereocenters. The van der Waals surface area contributed by atoms with Crippen molar-refractivity contribution in [2.45, 2.75) is 32.7 Å². The number of nitrogens with zero attached hydrogens (tertiary/aromatic N) is 1. The molecule has 0 aliphatic carbocycles. The van der Waals surface area contributed by atoms with Crippen LogP contribution in [0.4, 0.5) is 23.2 Å². The third-order valence-electron chi connectivity index (χ3n) is 4.14. The molecule has 2 aromatic rings. The maximum Gasteiger partial charge on any atom is 0.416 e. The van der Waals surface area contributed by atoms with E-state index in [0.29, 0.717) is 6.07 Å². The normalized spacial score (nSPS) is 12.1. The Balaban J connectivity index is 2.21. The van der Waals surface area contributed by atoms with Gasteiger partial charge in [0.25, 0.3) is 11.6 Å². The molecule has 12 heteroatoms. The summed E-state index contributed by atoms with van der Waals surface area (Å²) in [5.41, 5.74) is -1.93. The highest BCUT2D eigenvalue weighted by Gasteiger charge is 2.31. The number of hydrogen-bond acceptors (Lipinski definition) is 6. The van der Waals surface area contributed by atoms with Crippen LogP contribution in [0.25, 0.3) is 0 Å². The van der Waals surface area contributed by atoms with Crippen LogP contribution in [-0.4, -0.2) is 29.4 Å². The van der Waals surface area contributed by atoms with Gasteiger partial charge in [-0.15, -0.1) is 0 Å². The van der Waals surface area contributed by atoms with Gasteiger partial charge in [-0.05, 0) is 49.7 Å². The Morgan fingerprint density at radius 1 is 1.19 bits per heavy atom. The quantitative estimate of drug-likeness (QED) is 0.277. The third kappa shape index (κ3) is 6.15. The Hall–Kier alpha value is -3.70. The Morgan fingerprint density at radius 3 is 2.44 bits per heavy atom. The molecule has 32 heavy (non-hydrogen) atoms. The highest BCUT2D eigenvalue weighted by atomic mass is 19.4. The minimum atomic E-state index is -4.72. The second-order valence-electron chi connectivity index (χ2n) is 6.49. The average Bonchev–Trinajstić information content (AvgIpc) is 2.71. The van der Waals surface area contributed by atoms with Gasteiger partial charge in [0.05, 0.1) is 17.1 Å². The molecule has 0 radical (unpaired) electrons. The molecule has 0 aliphatic heterocycles. The number of rotatable bonds is 8. The Bertz CT molecular complexity index is 1030. The minimum Gasteiger partial charge on any atom is -0.486 e. The lowest BCUT2D eigenvalue weighted by atomic mass is 10.1. The Kier molecular flexibility index (Phi) is 7.73. The van der Waals surface area contributed by atoms with Crippen molar-refractivity contribution in [1.82, 2.24) is 5.32 Å². The maximum atomic E-state index is 13.9. The fraction of sp³-hybridized carbons (Fsp3) is 0.300. The van der Waals surface area contributed by atoms with E-state index in [1.165, 1.54) is 13.0 Å². The summed E-state index contributed by atoms with van der Waals surface area (Å²) in [6, 6.07) is 4.01. The van der Waals surface area contributed by atoms with E-state index in [-0.39, 0.29) is 23.8 Å². The van der Waals surface area contributed by atoms with E-state index in [2.05, 4.69) is 5.32 Å². The van der Waals surface area contributed by atoms with Gasteiger partial charge in [-0.1, -0.05) is 0 Å². The zero-order chi connectivity index (χ0) is 24.1. The van der Waals surface area contributed by atoms with Crippen molar-refractivity contribution in [2.75, 3.05) is 6.61 Å². The maximum absolute atomic E-state index is 13.9. The summed E-state index contributed by atoms with van der Waals surface area (Å²) in [5, 5.41) is 13.5. The fourth-order valence-electron chi connectivity index (χ4n) is 2.57. The number of amides is 1. The van der Waals surface area contributed by atoms with E-state index in [4.69, 9.17) is 9.47 Å². The van der Waals surface area contributed by atoms with Crippen molar-refractivity contribution in [2.24, 2.45) is 0 Å². The zero-order valence-electron chi connectivity index (χ0n) is 16.9. The predicted molar refractivity (Wildman–Crippen MR) is 102 cm³/mol. The highest BCUT2D eigenvalue weighted by Crippen LogP contribution is 2.32. The third-order valence-corrected chi connectivity index (χ3v) is 4.14. The van der Waals surface area contributed by atoms with Gasteiger partial charge in [0.1, 0.15) is 18.2 Å². The summed E-state index contributed by atoms with van der Waals surface area (Å²) in [6.07, 6.45) is -4.72. The first-order valence-corrected chi connectivity index (χ1v) is 9.18. The summed E-state index contributed by atoms with van der Waals surface area (Å²) >= 11 is 0.